The average Bonchev–Trinajstić information content (AvgIpc) is 2.86. The maximum atomic E-state index is 13.5. The van der Waals surface area contributed by atoms with E-state index in [0.29, 0.717) is 5.56 Å². The van der Waals surface area contributed by atoms with Crippen molar-refractivity contribution in [2.24, 2.45) is 0 Å². The molecule has 0 aromatic heterocycles. The Hall–Kier alpha value is -3.60. The number of hydrogen-bond acceptors (Lipinski definition) is 3. The van der Waals surface area contributed by atoms with Crippen molar-refractivity contribution in [3.63, 3.8) is 0 Å². The summed E-state index contributed by atoms with van der Waals surface area (Å²) < 4.78 is 13.5. The molecular weight excluding hydrogens is 401 g/mol. The summed E-state index contributed by atoms with van der Waals surface area (Å²) in [5, 5.41) is 0. The number of hydrogen-bond donors (Lipinski definition) is 1. The Bertz CT molecular complexity index is 1080. The number of nitrogens with one attached hydrogen (secondary N) is 1. The van der Waals surface area contributed by atoms with E-state index < -0.39 is 6.04 Å². The number of Topliss-reactive ketones (excluding diaryl/α,β-unsaturated/α-hetero) is 1. The number of halogens is 1. The fraction of sp³-hybridized carbons (Fsp3) is 0.107. The van der Waals surface area contributed by atoms with Crippen molar-refractivity contribution in [2.75, 3.05) is 0 Å². The first-order chi connectivity index (χ1) is 15.7. The molecular formula is C28H24FNO2. The van der Waals surface area contributed by atoms with E-state index in [-0.39, 0.29) is 24.1 Å². The highest BCUT2D eigenvalue weighted by atomic mass is 19.1. The molecule has 1 atom stereocenters. The second-order valence-corrected chi connectivity index (χ2v) is 7.53. The van der Waals surface area contributed by atoms with Gasteiger partial charge in [0.1, 0.15) is 11.9 Å². The first-order valence-electron chi connectivity index (χ1n) is 10.6. The molecule has 0 radical (unpaired) electrons. The molecule has 0 aliphatic carbocycles. The Kier molecular flexibility index (Phi) is 7.18. The molecule has 0 aliphatic rings. The standard InChI is InChI=1S/C28H24FNO2/c29-25-18-16-21(17-19-25)26(20-27(31)22-10-4-1-5-11-22)30-32-28(23-12-6-2-7-13-23)24-14-8-3-9-15-24/h1-19,26,28,30H,20H2/t26-/m0/s1. The highest BCUT2D eigenvalue weighted by molar-refractivity contribution is 5.96. The maximum Gasteiger partial charge on any atom is 0.164 e. The van der Waals surface area contributed by atoms with E-state index in [4.69, 9.17) is 4.84 Å². The number of rotatable bonds is 9. The Labute approximate surface area is 187 Å². The summed E-state index contributed by atoms with van der Waals surface area (Å²) in [5.41, 5.74) is 6.48. The predicted molar refractivity (Wildman–Crippen MR) is 123 cm³/mol. The van der Waals surface area contributed by atoms with E-state index in [2.05, 4.69) is 5.48 Å². The molecule has 0 amide bonds. The first kappa shape index (κ1) is 21.6. The molecule has 32 heavy (non-hydrogen) atoms. The minimum absolute atomic E-state index is 0.0213. The third-order valence-corrected chi connectivity index (χ3v) is 5.29. The van der Waals surface area contributed by atoms with Crippen LogP contribution in [0.1, 0.15) is 45.6 Å². The van der Waals surface area contributed by atoms with Crippen LogP contribution in [-0.4, -0.2) is 5.78 Å². The van der Waals surface area contributed by atoms with Gasteiger partial charge in [0.2, 0.25) is 0 Å². The third kappa shape index (κ3) is 5.55. The monoisotopic (exact) mass is 425 g/mol. The van der Waals surface area contributed by atoms with Gasteiger partial charge in [-0.3, -0.25) is 9.63 Å². The summed E-state index contributed by atoms with van der Waals surface area (Å²) in [6, 6.07) is 34.6. The molecule has 4 aromatic rings. The molecule has 0 fully saturated rings. The molecule has 0 spiro atoms. The molecule has 0 bridgehead atoms. The van der Waals surface area contributed by atoms with Crippen molar-refractivity contribution in [1.82, 2.24) is 5.48 Å². The van der Waals surface area contributed by atoms with Gasteiger partial charge in [-0.15, -0.1) is 0 Å². The van der Waals surface area contributed by atoms with Crippen LogP contribution >= 0.6 is 0 Å². The lowest BCUT2D eigenvalue weighted by Gasteiger charge is -2.24. The molecule has 0 unspecified atom stereocenters. The highest BCUT2D eigenvalue weighted by Crippen LogP contribution is 2.27. The Morgan fingerprint density at radius 2 is 1.19 bits per heavy atom. The van der Waals surface area contributed by atoms with Gasteiger partial charge >= 0.3 is 0 Å². The normalized spacial score (nSPS) is 11.9. The van der Waals surface area contributed by atoms with Crippen LogP contribution in [0.25, 0.3) is 0 Å². The fourth-order valence-electron chi connectivity index (χ4n) is 3.58. The number of carbonyl (C=O) groups excluding carboxylic acids is 1. The summed E-state index contributed by atoms with van der Waals surface area (Å²) in [7, 11) is 0. The van der Waals surface area contributed by atoms with Crippen LogP contribution in [0.5, 0.6) is 0 Å². The van der Waals surface area contributed by atoms with Crippen LogP contribution in [0.15, 0.2) is 115 Å². The summed E-state index contributed by atoms with van der Waals surface area (Å²) in [6.07, 6.45) is -0.196. The Balaban J connectivity index is 1.59. The fourth-order valence-corrected chi connectivity index (χ4v) is 3.58. The van der Waals surface area contributed by atoms with Gasteiger partial charge in [-0.25, -0.2) is 4.39 Å². The molecule has 0 saturated carbocycles. The number of benzene rings is 4. The van der Waals surface area contributed by atoms with Gasteiger partial charge in [0.05, 0.1) is 6.04 Å². The second kappa shape index (κ2) is 10.6. The second-order valence-electron chi connectivity index (χ2n) is 7.53. The largest absolute Gasteiger partial charge is 0.294 e. The van der Waals surface area contributed by atoms with Gasteiger partial charge in [-0.2, -0.15) is 5.48 Å². The molecule has 3 nitrogen and oxygen atoms in total. The molecule has 0 heterocycles. The van der Waals surface area contributed by atoms with Crippen molar-refractivity contribution in [3.8, 4) is 0 Å². The summed E-state index contributed by atoms with van der Waals surface area (Å²) in [6.45, 7) is 0. The van der Waals surface area contributed by atoms with E-state index in [1.807, 2.05) is 78.9 Å². The molecule has 4 rings (SSSR count). The lowest BCUT2D eigenvalue weighted by Crippen LogP contribution is -2.27. The zero-order valence-corrected chi connectivity index (χ0v) is 17.5. The van der Waals surface area contributed by atoms with E-state index in [1.165, 1.54) is 12.1 Å². The predicted octanol–water partition coefficient (Wildman–Crippen LogP) is 6.45. The number of ketones is 1. The van der Waals surface area contributed by atoms with Crippen molar-refractivity contribution in [1.29, 1.82) is 0 Å². The zero-order valence-electron chi connectivity index (χ0n) is 17.5. The van der Waals surface area contributed by atoms with Gasteiger partial charge in [0.25, 0.3) is 0 Å². The van der Waals surface area contributed by atoms with Crippen LogP contribution < -0.4 is 5.48 Å². The van der Waals surface area contributed by atoms with Crippen LogP contribution in [-0.2, 0) is 4.84 Å². The molecule has 1 N–H and O–H groups in total. The molecule has 0 saturated heterocycles. The topological polar surface area (TPSA) is 38.3 Å². The smallest absolute Gasteiger partial charge is 0.164 e. The molecule has 4 heteroatoms. The Morgan fingerprint density at radius 1 is 0.688 bits per heavy atom. The lowest BCUT2D eigenvalue weighted by molar-refractivity contribution is -0.0273. The van der Waals surface area contributed by atoms with Crippen molar-refractivity contribution in [3.05, 3.63) is 143 Å². The average molecular weight is 426 g/mol. The molecule has 4 aromatic carbocycles. The lowest BCUT2D eigenvalue weighted by atomic mass is 9.98. The van der Waals surface area contributed by atoms with E-state index in [0.717, 1.165) is 16.7 Å². The van der Waals surface area contributed by atoms with Crippen LogP contribution in [0, 0.1) is 5.82 Å². The highest BCUT2D eigenvalue weighted by Gasteiger charge is 2.21. The van der Waals surface area contributed by atoms with Gasteiger partial charge in [-0.05, 0) is 28.8 Å². The number of carbonyl (C=O) groups is 1. The van der Waals surface area contributed by atoms with E-state index >= 15 is 0 Å². The van der Waals surface area contributed by atoms with Gasteiger partial charge in [-0.1, -0.05) is 103 Å². The molecule has 0 aliphatic heterocycles. The quantitative estimate of drug-likeness (QED) is 0.247. The Morgan fingerprint density at radius 3 is 1.72 bits per heavy atom. The van der Waals surface area contributed by atoms with E-state index in [1.54, 1.807) is 24.3 Å². The summed E-state index contributed by atoms with van der Waals surface area (Å²) in [4.78, 5) is 19.1. The minimum Gasteiger partial charge on any atom is -0.294 e. The van der Waals surface area contributed by atoms with Crippen LogP contribution in [0.3, 0.4) is 0 Å². The van der Waals surface area contributed by atoms with Crippen LogP contribution in [0.2, 0.25) is 0 Å². The SMILES string of the molecule is O=C(C[C@H](NOC(c1ccccc1)c1ccccc1)c1ccc(F)cc1)c1ccccc1. The van der Waals surface area contributed by atoms with Crippen LogP contribution in [0.4, 0.5) is 4.39 Å². The number of hydroxylamine groups is 1. The minimum atomic E-state index is -0.446. The summed E-state index contributed by atoms with van der Waals surface area (Å²) in [5.74, 6) is -0.346. The third-order valence-electron chi connectivity index (χ3n) is 5.29. The van der Waals surface area contributed by atoms with Crippen molar-refractivity contribution >= 4 is 5.78 Å². The van der Waals surface area contributed by atoms with Crippen molar-refractivity contribution < 1.29 is 14.0 Å². The summed E-state index contributed by atoms with van der Waals surface area (Å²) >= 11 is 0. The van der Waals surface area contributed by atoms with Gasteiger partial charge < -0.3 is 0 Å². The maximum absolute atomic E-state index is 13.5. The first-order valence-corrected chi connectivity index (χ1v) is 10.6. The zero-order chi connectivity index (χ0) is 22.2. The van der Waals surface area contributed by atoms with Crippen molar-refractivity contribution in [2.45, 2.75) is 18.6 Å². The van der Waals surface area contributed by atoms with Gasteiger partial charge in [0.15, 0.2) is 5.78 Å². The molecule has 160 valence electrons. The van der Waals surface area contributed by atoms with Gasteiger partial charge in [0, 0.05) is 12.0 Å². The van der Waals surface area contributed by atoms with E-state index in [9.17, 15) is 9.18 Å².